The van der Waals surface area contributed by atoms with E-state index in [0.717, 1.165) is 26.9 Å². The van der Waals surface area contributed by atoms with Crippen molar-refractivity contribution in [1.82, 2.24) is 9.97 Å². The standard InChI is InChI=1S/C19H18BrN3O/c20-16-7-5-15(6-8-16)14-3-1-13(2-4-14)9-19(24)18(21)10-17-11-22-12-23-17/h1-8,11-12,18H,9-10,21H2,(H,22,23)/t18-/m0/s1. The Kier molecular flexibility index (Phi) is 5.23. The lowest BCUT2D eigenvalue weighted by Crippen LogP contribution is -2.34. The summed E-state index contributed by atoms with van der Waals surface area (Å²) in [6.07, 6.45) is 4.15. The SMILES string of the molecule is N[C@@H](Cc1c[nH]cn1)C(=O)Cc1ccc(-c2ccc(Br)cc2)cc1. The van der Waals surface area contributed by atoms with Gasteiger partial charge in [0.15, 0.2) is 5.78 Å². The van der Waals surface area contributed by atoms with Crippen LogP contribution in [0.2, 0.25) is 0 Å². The Labute approximate surface area is 149 Å². The lowest BCUT2D eigenvalue weighted by atomic mass is 9.98. The number of nitrogens with zero attached hydrogens (tertiary/aromatic N) is 1. The van der Waals surface area contributed by atoms with Gasteiger partial charge in [-0.15, -0.1) is 0 Å². The van der Waals surface area contributed by atoms with Crippen molar-refractivity contribution in [2.75, 3.05) is 0 Å². The molecular weight excluding hydrogens is 366 g/mol. The highest BCUT2D eigenvalue weighted by atomic mass is 79.9. The van der Waals surface area contributed by atoms with Crippen LogP contribution in [-0.4, -0.2) is 21.8 Å². The van der Waals surface area contributed by atoms with Gasteiger partial charge in [-0.2, -0.15) is 0 Å². The van der Waals surface area contributed by atoms with Gasteiger partial charge in [-0.05, 0) is 28.8 Å². The van der Waals surface area contributed by atoms with Gasteiger partial charge in [0.1, 0.15) is 0 Å². The summed E-state index contributed by atoms with van der Waals surface area (Å²) in [6.45, 7) is 0. The van der Waals surface area contributed by atoms with E-state index in [-0.39, 0.29) is 5.78 Å². The highest BCUT2D eigenvalue weighted by Crippen LogP contribution is 2.22. The molecular formula is C19H18BrN3O. The second-order valence-corrected chi connectivity index (χ2v) is 6.63. The third-order valence-corrected chi connectivity index (χ3v) is 4.44. The van der Waals surface area contributed by atoms with E-state index < -0.39 is 6.04 Å². The first-order valence-electron chi connectivity index (χ1n) is 7.72. The van der Waals surface area contributed by atoms with Crippen LogP contribution < -0.4 is 5.73 Å². The topological polar surface area (TPSA) is 71.8 Å². The summed E-state index contributed by atoms with van der Waals surface area (Å²) >= 11 is 3.44. The summed E-state index contributed by atoms with van der Waals surface area (Å²) in [7, 11) is 0. The zero-order chi connectivity index (χ0) is 16.9. The van der Waals surface area contributed by atoms with Crippen LogP contribution in [-0.2, 0) is 17.6 Å². The normalized spacial score (nSPS) is 12.1. The van der Waals surface area contributed by atoms with E-state index in [4.69, 9.17) is 5.73 Å². The Morgan fingerprint density at radius 2 is 1.71 bits per heavy atom. The van der Waals surface area contributed by atoms with Gasteiger partial charge in [0.05, 0.1) is 18.1 Å². The van der Waals surface area contributed by atoms with Crippen LogP contribution in [0.4, 0.5) is 0 Å². The smallest absolute Gasteiger partial charge is 0.154 e. The van der Waals surface area contributed by atoms with Crippen molar-refractivity contribution in [2.24, 2.45) is 5.73 Å². The van der Waals surface area contributed by atoms with E-state index in [2.05, 4.69) is 38.0 Å². The molecule has 0 saturated carbocycles. The molecule has 0 radical (unpaired) electrons. The fourth-order valence-corrected chi connectivity index (χ4v) is 2.80. The van der Waals surface area contributed by atoms with Crippen molar-refractivity contribution >= 4 is 21.7 Å². The second kappa shape index (κ2) is 7.55. The summed E-state index contributed by atoms with van der Waals surface area (Å²) in [5, 5.41) is 0. The molecule has 24 heavy (non-hydrogen) atoms. The maximum absolute atomic E-state index is 12.3. The maximum atomic E-state index is 12.3. The molecule has 0 aliphatic rings. The summed E-state index contributed by atoms with van der Waals surface area (Å²) in [6, 6.07) is 15.7. The number of ketones is 1. The second-order valence-electron chi connectivity index (χ2n) is 5.72. The van der Waals surface area contributed by atoms with Crippen molar-refractivity contribution in [3.63, 3.8) is 0 Å². The third-order valence-electron chi connectivity index (χ3n) is 3.91. The summed E-state index contributed by atoms with van der Waals surface area (Å²) in [4.78, 5) is 19.2. The van der Waals surface area contributed by atoms with Gasteiger partial charge >= 0.3 is 0 Å². The summed E-state index contributed by atoms with van der Waals surface area (Å²) in [5.74, 6) is 0.0226. The predicted molar refractivity (Wildman–Crippen MR) is 98.6 cm³/mol. The fraction of sp³-hybridized carbons (Fsp3) is 0.158. The van der Waals surface area contributed by atoms with Gasteiger partial charge in [-0.1, -0.05) is 52.3 Å². The van der Waals surface area contributed by atoms with Crippen LogP contribution >= 0.6 is 15.9 Å². The molecule has 0 amide bonds. The number of aromatic amines is 1. The number of H-pyrrole nitrogens is 1. The summed E-state index contributed by atoms with van der Waals surface area (Å²) < 4.78 is 1.05. The number of benzene rings is 2. The first-order valence-corrected chi connectivity index (χ1v) is 8.52. The highest BCUT2D eigenvalue weighted by Gasteiger charge is 2.15. The largest absolute Gasteiger partial charge is 0.351 e. The monoisotopic (exact) mass is 383 g/mol. The molecule has 1 aromatic heterocycles. The van der Waals surface area contributed by atoms with Gasteiger partial charge in [0, 0.05) is 23.5 Å². The van der Waals surface area contributed by atoms with Gasteiger partial charge in [-0.25, -0.2) is 4.98 Å². The van der Waals surface area contributed by atoms with Crippen molar-refractivity contribution in [3.05, 3.63) is 76.8 Å². The highest BCUT2D eigenvalue weighted by molar-refractivity contribution is 9.10. The van der Waals surface area contributed by atoms with E-state index >= 15 is 0 Å². The first kappa shape index (κ1) is 16.6. The number of nitrogens with two attached hydrogens (primary N) is 1. The number of Topliss-reactive ketones (excluding diaryl/α,β-unsaturated/α-hetero) is 1. The van der Waals surface area contributed by atoms with E-state index in [1.807, 2.05) is 36.4 Å². The Balaban J connectivity index is 1.63. The minimum atomic E-state index is -0.528. The Morgan fingerprint density at radius 1 is 1.08 bits per heavy atom. The molecule has 4 nitrogen and oxygen atoms in total. The number of rotatable bonds is 6. The molecule has 1 heterocycles. The number of halogens is 1. The number of hydrogen-bond acceptors (Lipinski definition) is 3. The number of carbonyl (C=O) groups excluding carboxylic acids is 1. The lowest BCUT2D eigenvalue weighted by Gasteiger charge is -2.09. The van der Waals surface area contributed by atoms with Crippen molar-refractivity contribution in [1.29, 1.82) is 0 Å². The number of nitrogens with one attached hydrogen (secondary N) is 1. The molecule has 0 aliphatic carbocycles. The maximum Gasteiger partial charge on any atom is 0.154 e. The van der Waals surface area contributed by atoms with E-state index in [9.17, 15) is 4.79 Å². The molecule has 2 aromatic carbocycles. The van der Waals surface area contributed by atoms with E-state index in [1.165, 1.54) is 0 Å². The van der Waals surface area contributed by atoms with Crippen LogP contribution in [0.5, 0.6) is 0 Å². The van der Waals surface area contributed by atoms with Crippen LogP contribution in [0.1, 0.15) is 11.3 Å². The van der Waals surface area contributed by atoms with Crippen LogP contribution in [0.3, 0.4) is 0 Å². The number of imidazole rings is 1. The van der Waals surface area contributed by atoms with Gasteiger partial charge in [0.2, 0.25) is 0 Å². The van der Waals surface area contributed by atoms with Crippen molar-refractivity contribution < 1.29 is 4.79 Å². The minimum Gasteiger partial charge on any atom is -0.351 e. The molecule has 0 unspecified atom stereocenters. The minimum absolute atomic E-state index is 0.0226. The number of aromatic nitrogens is 2. The van der Waals surface area contributed by atoms with Gasteiger partial charge < -0.3 is 10.7 Å². The molecule has 3 rings (SSSR count). The quantitative estimate of drug-likeness (QED) is 0.683. The Hall–Kier alpha value is -2.24. The molecule has 3 N–H and O–H groups in total. The average Bonchev–Trinajstić information content (AvgIpc) is 3.09. The first-order chi connectivity index (χ1) is 11.6. The zero-order valence-corrected chi connectivity index (χ0v) is 14.7. The summed E-state index contributed by atoms with van der Waals surface area (Å²) in [5.41, 5.74) is 10.0. The van der Waals surface area contributed by atoms with Crippen LogP contribution in [0, 0.1) is 0 Å². The van der Waals surface area contributed by atoms with Crippen LogP contribution in [0.15, 0.2) is 65.5 Å². The molecule has 0 fully saturated rings. The molecule has 3 aromatic rings. The van der Waals surface area contributed by atoms with E-state index in [1.54, 1.807) is 12.5 Å². The van der Waals surface area contributed by atoms with Gasteiger partial charge in [0.25, 0.3) is 0 Å². The van der Waals surface area contributed by atoms with Gasteiger partial charge in [-0.3, -0.25) is 4.79 Å². The molecule has 0 aliphatic heterocycles. The molecule has 122 valence electrons. The molecule has 0 bridgehead atoms. The Bertz CT molecular complexity index is 796. The number of hydrogen-bond donors (Lipinski definition) is 2. The molecule has 0 saturated heterocycles. The molecule has 5 heteroatoms. The van der Waals surface area contributed by atoms with E-state index in [0.29, 0.717) is 12.8 Å². The molecule has 1 atom stereocenters. The number of carbonyl (C=O) groups is 1. The fourth-order valence-electron chi connectivity index (χ4n) is 2.53. The lowest BCUT2D eigenvalue weighted by molar-refractivity contribution is -0.119. The molecule has 0 spiro atoms. The van der Waals surface area contributed by atoms with Crippen molar-refractivity contribution in [2.45, 2.75) is 18.9 Å². The predicted octanol–water partition coefficient (Wildman–Crippen LogP) is 3.52. The van der Waals surface area contributed by atoms with Crippen molar-refractivity contribution in [3.8, 4) is 11.1 Å². The Morgan fingerprint density at radius 3 is 2.29 bits per heavy atom. The average molecular weight is 384 g/mol. The van der Waals surface area contributed by atoms with Crippen LogP contribution in [0.25, 0.3) is 11.1 Å². The third kappa shape index (κ3) is 4.19. The zero-order valence-electron chi connectivity index (χ0n) is 13.1.